The van der Waals surface area contributed by atoms with Gasteiger partial charge < -0.3 is 4.90 Å². The summed E-state index contributed by atoms with van der Waals surface area (Å²) in [6.07, 6.45) is 0.661. The number of amides is 1. The van der Waals surface area contributed by atoms with Crippen LogP contribution in [0.1, 0.15) is 6.92 Å². The Kier molecular flexibility index (Phi) is 3.96. The largest absolute Gasteiger partial charge is 0.347 e. The molecule has 54 valence electrons. The molecule has 4 heteroatoms. The molecule has 0 radical (unpaired) electrons. The van der Waals surface area contributed by atoms with Crippen LogP contribution in [0.4, 0.5) is 4.48 Å². The fourth-order valence-electron chi connectivity index (χ4n) is 0.510. The van der Waals surface area contributed by atoms with E-state index in [0.29, 0.717) is 13.0 Å². The van der Waals surface area contributed by atoms with Crippen molar-refractivity contribution < 1.29 is 9.28 Å². The maximum Gasteiger partial charge on any atom is 0.209 e. The van der Waals surface area contributed by atoms with Crippen molar-refractivity contribution in [1.29, 1.82) is 0 Å². The van der Waals surface area contributed by atoms with Crippen LogP contribution in [-0.2, 0) is 4.79 Å². The minimum Gasteiger partial charge on any atom is -0.347 e. The number of carbonyl (C=O) groups excluding carboxylic acids is 1. The van der Waals surface area contributed by atoms with Crippen molar-refractivity contribution in [2.24, 2.45) is 0 Å². The molecule has 9 heavy (non-hydrogen) atoms. The summed E-state index contributed by atoms with van der Waals surface area (Å²) in [5.74, 6) is 0. The molecule has 0 saturated carbocycles. The van der Waals surface area contributed by atoms with Crippen molar-refractivity contribution in [2.45, 2.75) is 13.0 Å². The molecule has 1 unspecified atom stereocenters. The number of nitrogens with one attached hydrogen (secondary N) is 1. The van der Waals surface area contributed by atoms with Crippen molar-refractivity contribution >= 4 is 6.41 Å². The summed E-state index contributed by atoms with van der Waals surface area (Å²) in [7, 11) is 1.60. The molecule has 0 aromatic heterocycles. The molecule has 0 saturated heterocycles. The summed E-state index contributed by atoms with van der Waals surface area (Å²) in [4.78, 5) is 11.3. The molecule has 0 spiro atoms. The summed E-state index contributed by atoms with van der Waals surface area (Å²) in [5.41, 5.74) is 1.53. The lowest BCUT2D eigenvalue weighted by Crippen LogP contribution is -2.32. The molecule has 1 amide bonds. The molecule has 0 aliphatic rings. The number of nitrogens with zero attached hydrogens (tertiary/aromatic N) is 1. The van der Waals surface area contributed by atoms with Gasteiger partial charge in [0.25, 0.3) is 0 Å². The predicted molar refractivity (Wildman–Crippen MR) is 32.4 cm³/mol. The third-order valence-electron chi connectivity index (χ3n) is 0.928. The van der Waals surface area contributed by atoms with Gasteiger partial charge in [-0.05, 0) is 6.92 Å². The minimum absolute atomic E-state index is 0.291. The standard InChI is InChI=1S/C5H11FN2O/c1-5(7-6)3-8(2)4-9/h4-5,7H,3H2,1-2H3. The van der Waals surface area contributed by atoms with Crippen LogP contribution in [-0.4, -0.2) is 30.9 Å². The molecule has 0 fully saturated rings. The number of hydrogen-bond acceptors (Lipinski definition) is 2. The van der Waals surface area contributed by atoms with Crippen molar-refractivity contribution in [3.05, 3.63) is 0 Å². The minimum atomic E-state index is -0.291. The topological polar surface area (TPSA) is 32.3 Å². The number of hydrogen-bond donors (Lipinski definition) is 1. The lowest BCUT2D eigenvalue weighted by atomic mass is 10.3. The Bertz CT molecular complexity index is 89.0. The smallest absolute Gasteiger partial charge is 0.209 e. The Morgan fingerprint density at radius 1 is 1.89 bits per heavy atom. The van der Waals surface area contributed by atoms with Gasteiger partial charge in [0, 0.05) is 13.6 Å². The Morgan fingerprint density at radius 3 is 2.78 bits per heavy atom. The van der Waals surface area contributed by atoms with E-state index in [2.05, 4.69) is 0 Å². The lowest BCUT2D eigenvalue weighted by molar-refractivity contribution is -0.117. The van der Waals surface area contributed by atoms with Crippen LogP contribution in [0.3, 0.4) is 0 Å². The molecule has 3 nitrogen and oxygen atoms in total. The Balaban J connectivity index is 3.33. The van der Waals surface area contributed by atoms with Crippen molar-refractivity contribution in [2.75, 3.05) is 13.6 Å². The monoisotopic (exact) mass is 134 g/mol. The first-order chi connectivity index (χ1) is 4.20. The zero-order chi connectivity index (χ0) is 7.28. The van der Waals surface area contributed by atoms with Crippen LogP contribution in [0.5, 0.6) is 0 Å². The average molecular weight is 134 g/mol. The molecular formula is C5H11FN2O. The first-order valence-electron chi connectivity index (χ1n) is 2.72. The van der Waals surface area contributed by atoms with Crippen molar-refractivity contribution in [3.8, 4) is 0 Å². The van der Waals surface area contributed by atoms with E-state index >= 15 is 0 Å². The van der Waals surface area contributed by atoms with Crippen LogP contribution in [0.25, 0.3) is 0 Å². The molecule has 1 atom stereocenters. The van der Waals surface area contributed by atoms with Gasteiger partial charge in [-0.1, -0.05) is 0 Å². The summed E-state index contributed by atoms with van der Waals surface area (Å²) in [6, 6.07) is -0.291. The van der Waals surface area contributed by atoms with E-state index in [-0.39, 0.29) is 6.04 Å². The molecule has 0 aliphatic carbocycles. The normalized spacial score (nSPS) is 12.8. The van der Waals surface area contributed by atoms with Crippen LogP contribution >= 0.6 is 0 Å². The summed E-state index contributed by atoms with van der Waals surface area (Å²) < 4.78 is 11.5. The fraction of sp³-hybridized carbons (Fsp3) is 0.800. The van der Waals surface area contributed by atoms with Crippen LogP contribution < -0.4 is 5.54 Å². The zero-order valence-electron chi connectivity index (χ0n) is 5.60. The first kappa shape index (κ1) is 8.36. The molecule has 0 bridgehead atoms. The number of halogens is 1. The second-order valence-electron chi connectivity index (χ2n) is 2.06. The SMILES string of the molecule is CC(CN(C)C=O)NF. The summed E-state index contributed by atoms with van der Waals surface area (Å²) in [6.45, 7) is 2.04. The first-order valence-corrected chi connectivity index (χ1v) is 2.72. The second kappa shape index (κ2) is 4.26. The third kappa shape index (κ3) is 3.90. The summed E-state index contributed by atoms with van der Waals surface area (Å²) in [5, 5.41) is 0. The average Bonchev–Trinajstić information content (AvgIpc) is 1.87. The molecule has 0 heterocycles. The van der Waals surface area contributed by atoms with Gasteiger partial charge in [-0.25, -0.2) is 0 Å². The van der Waals surface area contributed by atoms with E-state index in [0.717, 1.165) is 0 Å². The van der Waals surface area contributed by atoms with E-state index in [1.165, 1.54) is 10.4 Å². The molecule has 0 aromatic rings. The van der Waals surface area contributed by atoms with Gasteiger partial charge in [0.15, 0.2) is 0 Å². The molecule has 0 aromatic carbocycles. The highest BCUT2D eigenvalue weighted by atomic mass is 19.2. The second-order valence-corrected chi connectivity index (χ2v) is 2.06. The van der Waals surface area contributed by atoms with E-state index in [4.69, 9.17) is 0 Å². The maximum absolute atomic E-state index is 11.5. The Hall–Kier alpha value is -0.640. The van der Waals surface area contributed by atoms with Crippen LogP contribution in [0, 0.1) is 0 Å². The zero-order valence-corrected chi connectivity index (χ0v) is 5.60. The van der Waals surface area contributed by atoms with Gasteiger partial charge in [-0.3, -0.25) is 4.79 Å². The highest BCUT2D eigenvalue weighted by Crippen LogP contribution is 1.83. The van der Waals surface area contributed by atoms with Crippen LogP contribution in [0.2, 0.25) is 0 Å². The van der Waals surface area contributed by atoms with Gasteiger partial charge in [0.2, 0.25) is 6.41 Å². The van der Waals surface area contributed by atoms with Gasteiger partial charge in [-0.2, -0.15) is 5.54 Å². The highest BCUT2D eigenvalue weighted by molar-refractivity contribution is 5.46. The van der Waals surface area contributed by atoms with Gasteiger partial charge in [0.05, 0.1) is 6.04 Å². The van der Waals surface area contributed by atoms with Gasteiger partial charge in [0.1, 0.15) is 0 Å². The third-order valence-corrected chi connectivity index (χ3v) is 0.928. The Morgan fingerprint density at radius 2 is 2.44 bits per heavy atom. The molecule has 0 rings (SSSR count). The predicted octanol–water partition coefficient (Wildman–Crippen LogP) is -0.0628. The fourth-order valence-corrected chi connectivity index (χ4v) is 0.510. The van der Waals surface area contributed by atoms with E-state index in [1.807, 2.05) is 0 Å². The van der Waals surface area contributed by atoms with Crippen LogP contribution in [0.15, 0.2) is 0 Å². The van der Waals surface area contributed by atoms with Crippen molar-refractivity contribution in [3.63, 3.8) is 0 Å². The quantitative estimate of drug-likeness (QED) is 0.431. The number of rotatable bonds is 4. The number of carbonyl (C=O) groups is 1. The lowest BCUT2D eigenvalue weighted by Gasteiger charge is -2.13. The maximum atomic E-state index is 11.5. The van der Waals surface area contributed by atoms with Gasteiger partial charge in [-0.15, -0.1) is 4.48 Å². The van der Waals surface area contributed by atoms with Gasteiger partial charge >= 0.3 is 0 Å². The summed E-state index contributed by atoms with van der Waals surface area (Å²) >= 11 is 0. The molecular weight excluding hydrogens is 123 g/mol. The Labute approximate surface area is 53.8 Å². The van der Waals surface area contributed by atoms with E-state index < -0.39 is 0 Å². The highest BCUT2D eigenvalue weighted by Gasteiger charge is 2.01. The van der Waals surface area contributed by atoms with E-state index in [9.17, 15) is 9.28 Å². The van der Waals surface area contributed by atoms with Crippen molar-refractivity contribution in [1.82, 2.24) is 10.4 Å². The molecule has 1 N–H and O–H groups in total. The van der Waals surface area contributed by atoms with E-state index in [1.54, 1.807) is 14.0 Å². The number of likely N-dealkylation sites (N-methyl/N-ethyl adjacent to an activating group) is 1. The molecule has 0 aliphatic heterocycles.